The maximum absolute atomic E-state index is 13.7. The average molecular weight is 424 g/mol. The largest absolute Gasteiger partial charge is 0.323 e. The lowest BCUT2D eigenvalue weighted by Gasteiger charge is -2.25. The van der Waals surface area contributed by atoms with Crippen LogP contribution in [0.15, 0.2) is 52.5 Å². The van der Waals surface area contributed by atoms with E-state index in [1.54, 1.807) is 25.1 Å². The Hall–Kier alpha value is -1.97. The first-order chi connectivity index (χ1) is 13.4. The zero-order valence-corrected chi connectivity index (χ0v) is 17.1. The molecule has 1 atom stereocenters. The Bertz CT molecular complexity index is 930. The average Bonchev–Trinajstić information content (AvgIpc) is 2.70. The Morgan fingerprint density at radius 3 is 2.54 bits per heavy atom. The van der Waals surface area contributed by atoms with Gasteiger partial charge in [-0.15, -0.1) is 0 Å². The normalized spacial score (nSPS) is 16.5. The van der Waals surface area contributed by atoms with E-state index in [0.29, 0.717) is 18.1 Å². The first-order valence-corrected chi connectivity index (χ1v) is 11.4. The highest BCUT2D eigenvalue weighted by Crippen LogP contribution is 2.25. The second-order valence-electron chi connectivity index (χ2n) is 6.53. The molecular weight excluding hydrogens is 401 g/mol. The van der Waals surface area contributed by atoms with Crippen molar-refractivity contribution in [1.29, 1.82) is 0 Å². The molecule has 0 spiro atoms. The molecule has 1 aliphatic heterocycles. The number of benzene rings is 1. The van der Waals surface area contributed by atoms with Crippen LogP contribution in [0.2, 0.25) is 0 Å². The number of halogens is 1. The van der Waals surface area contributed by atoms with E-state index in [4.69, 9.17) is 0 Å². The Labute approximate surface area is 168 Å². The summed E-state index contributed by atoms with van der Waals surface area (Å²) < 4.78 is 40.4. The molecule has 150 valence electrons. The molecule has 1 aromatic heterocycles. The van der Waals surface area contributed by atoms with Gasteiger partial charge in [-0.2, -0.15) is 4.31 Å². The van der Waals surface area contributed by atoms with Gasteiger partial charge in [-0.05, 0) is 44.0 Å². The number of anilines is 1. The third-order valence-electron chi connectivity index (χ3n) is 4.46. The van der Waals surface area contributed by atoms with Gasteiger partial charge < -0.3 is 5.32 Å². The van der Waals surface area contributed by atoms with Gasteiger partial charge in [-0.25, -0.2) is 17.8 Å². The van der Waals surface area contributed by atoms with E-state index >= 15 is 0 Å². The zero-order valence-electron chi connectivity index (χ0n) is 15.5. The van der Waals surface area contributed by atoms with Crippen LogP contribution in [0.3, 0.4) is 0 Å². The van der Waals surface area contributed by atoms with Crippen molar-refractivity contribution in [2.45, 2.75) is 41.4 Å². The molecule has 2 aromatic rings. The van der Waals surface area contributed by atoms with E-state index in [2.05, 4.69) is 10.3 Å². The minimum absolute atomic E-state index is 0.121. The molecule has 6 nitrogen and oxygen atoms in total. The molecule has 0 bridgehead atoms. The van der Waals surface area contributed by atoms with Crippen LogP contribution in [0.4, 0.5) is 10.1 Å². The predicted octanol–water partition coefficient (Wildman–Crippen LogP) is 3.51. The molecule has 1 saturated heterocycles. The first-order valence-electron chi connectivity index (χ1n) is 9.06. The second kappa shape index (κ2) is 9.02. The van der Waals surface area contributed by atoms with Crippen molar-refractivity contribution in [3.63, 3.8) is 0 Å². The van der Waals surface area contributed by atoms with Gasteiger partial charge in [0.25, 0.3) is 0 Å². The molecule has 1 N–H and O–H groups in total. The van der Waals surface area contributed by atoms with Gasteiger partial charge in [-0.1, -0.05) is 30.3 Å². The lowest BCUT2D eigenvalue weighted by atomic mass is 10.2. The van der Waals surface area contributed by atoms with Crippen molar-refractivity contribution >= 4 is 33.4 Å². The van der Waals surface area contributed by atoms with Crippen molar-refractivity contribution < 1.29 is 17.6 Å². The highest BCUT2D eigenvalue weighted by Gasteiger charge is 2.26. The van der Waals surface area contributed by atoms with Crippen LogP contribution in [0, 0.1) is 5.82 Å². The van der Waals surface area contributed by atoms with E-state index in [-0.39, 0.29) is 16.5 Å². The summed E-state index contributed by atoms with van der Waals surface area (Å²) in [7, 11) is -3.53. The monoisotopic (exact) mass is 423 g/mol. The molecule has 1 aliphatic rings. The molecule has 0 saturated carbocycles. The van der Waals surface area contributed by atoms with Crippen molar-refractivity contribution in [1.82, 2.24) is 9.29 Å². The van der Waals surface area contributed by atoms with E-state index in [1.807, 2.05) is 0 Å². The summed E-state index contributed by atoms with van der Waals surface area (Å²) >= 11 is 1.18. The summed E-state index contributed by atoms with van der Waals surface area (Å²) in [5.41, 5.74) is 0.121. The van der Waals surface area contributed by atoms with Crippen molar-refractivity contribution in [3.8, 4) is 0 Å². The predicted molar refractivity (Wildman–Crippen MR) is 107 cm³/mol. The smallest absolute Gasteiger partial charge is 0.244 e. The van der Waals surface area contributed by atoms with Gasteiger partial charge in [-0.3, -0.25) is 4.79 Å². The number of hydrogen-bond acceptors (Lipinski definition) is 5. The van der Waals surface area contributed by atoms with Gasteiger partial charge >= 0.3 is 0 Å². The SMILES string of the molecule is CC(Sc1ccc(S(=O)(=O)N2CCCCC2)cn1)C(=O)Nc1ccccc1F. The Kier molecular flexibility index (Phi) is 6.69. The number of carbonyl (C=O) groups excluding carboxylic acids is 1. The summed E-state index contributed by atoms with van der Waals surface area (Å²) in [4.78, 5) is 16.6. The topological polar surface area (TPSA) is 79.4 Å². The maximum Gasteiger partial charge on any atom is 0.244 e. The van der Waals surface area contributed by atoms with Crippen LogP contribution in [0.1, 0.15) is 26.2 Å². The number of amides is 1. The summed E-state index contributed by atoms with van der Waals surface area (Å²) in [6.45, 7) is 2.75. The van der Waals surface area contributed by atoms with Crippen LogP contribution < -0.4 is 5.32 Å². The van der Waals surface area contributed by atoms with Crippen LogP contribution in [-0.4, -0.2) is 42.0 Å². The van der Waals surface area contributed by atoms with Crippen LogP contribution >= 0.6 is 11.8 Å². The second-order valence-corrected chi connectivity index (χ2v) is 9.83. The number of para-hydroxylation sites is 1. The highest BCUT2D eigenvalue weighted by atomic mass is 32.2. The van der Waals surface area contributed by atoms with Gasteiger partial charge in [0.2, 0.25) is 15.9 Å². The van der Waals surface area contributed by atoms with Crippen LogP contribution in [0.5, 0.6) is 0 Å². The fourth-order valence-electron chi connectivity index (χ4n) is 2.87. The number of sulfonamides is 1. The van der Waals surface area contributed by atoms with E-state index in [9.17, 15) is 17.6 Å². The van der Waals surface area contributed by atoms with E-state index in [0.717, 1.165) is 19.3 Å². The summed E-state index contributed by atoms with van der Waals surface area (Å²) in [6.07, 6.45) is 4.12. The summed E-state index contributed by atoms with van der Waals surface area (Å²) in [6, 6.07) is 9.06. The number of nitrogens with zero attached hydrogens (tertiary/aromatic N) is 2. The Morgan fingerprint density at radius 2 is 1.89 bits per heavy atom. The molecule has 28 heavy (non-hydrogen) atoms. The van der Waals surface area contributed by atoms with Crippen molar-refractivity contribution in [3.05, 3.63) is 48.4 Å². The van der Waals surface area contributed by atoms with E-state index in [1.165, 1.54) is 40.5 Å². The lowest BCUT2D eigenvalue weighted by molar-refractivity contribution is -0.115. The van der Waals surface area contributed by atoms with Gasteiger partial charge in [0, 0.05) is 19.3 Å². The fourth-order valence-corrected chi connectivity index (χ4v) is 5.13. The third-order valence-corrected chi connectivity index (χ3v) is 7.39. The van der Waals surface area contributed by atoms with Crippen LogP contribution in [-0.2, 0) is 14.8 Å². The maximum atomic E-state index is 13.7. The molecule has 0 radical (unpaired) electrons. The standard InChI is InChI=1S/C19H22FN3O3S2/c1-14(19(24)22-17-8-4-3-7-16(17)20)27-18-10-9-15(13-21-18)28(25,26)23-11-5-2-6-12-23/h3-4,7-10,13-14H,2,5-6,11-12H2,1H3,(H,22,24). The molecule has 1 aromatic carbocycles. The summed E-state index contributed by atoms with van der Waals surface area (Å²) in [5.74, 6) is -0.861. The number of rotatable bonds is 6. The number of thioether (sulfide) groups is 1. The Balaban J connectivity index is 1.63. The molecule has 1 fully saturated rings. The molecule has 2 heterocycles. The molecule has 1 unspecified atom stereocenters. The molecule has 1 amide bonds. The van der Waals surface area contributed by atoms with Crippen molar-refractivity contribution in [2.75, 3.05) is 18.4 Å². The van der Waals surface area contributed by atoms with Gasteiger partial charge in [0.1, 0.15) is 10.7 Å². The Morgan fingerprint density at radius 1 is 1.18 bits per heavy atom. The number of carbonyl (C=O) groups is 1. The number of pyridine rings is 1. The molecule has 9 heteroatoms. The quantitative estimate of drug-likeness (QED) is 0.719. The highest BCUT2D eigenvalue weighted by molar-refractivity contribution is 8.00. The molecular formula is C19H22FN3O3S2. The minimum Gasteiger partial charge on any atom is -0.323 e. The first kappa shape index (κ1) is 20.8. The zero-order chi connectivity index (χ0) is 20.1. The third kappa shape index (κ3) is 4.89. The molecule has 0 aliphatic carbocycles. The van der Waals surface area contributed by atoms with Crippen molar-refractivity contribution in [2.24, 2.45) is 0 Å². The molecule has 3 rings (SSSR count). The fraction of sp³-hybridized carbons (Fsp3) is 0.368. The minimum atomic E-state index is -3.53. The van der Waals surface area contributed by atoms with Gasteiger partial charge in [0.15, 0.2) is 0 Å². The number of aromatic nitrogens is 1. The number of nitrogens with one attached hydrogen (secondary N) is 1. The lowest BCUT2D eigenvalue weighted by Crippen LogP contribution is -2.35. The number of hydrogen-bond donors (Lipinski definition) is 1. The number of piperidine rings is 1. The summed E-state index contributed by atoms with van der Waals surface area (Å²) in [5, 5.41) is 2.53. The van der Waals surface area contributed by atoms with E-state index < -0.39 is 21.1 Å². The van der Waals surface area contributed by atoms with Gasteiger partial charge in [0.05, 0.1) is 16.0 Å². The van der Waals surface area contributed by atoms with Crippen LogP contribution in [0.25, 0.3) is 0 Å².